The number of carbonyl (C=O) groups excluding carboxylic acids is 3. The standard InChI is InChI=1S/C21H28FN3O4/c1-29-14-18(26)24-12-8-15(9-13-24)19(21(28)25-10-2-3-11-25)23-20(27)16-4-6-17(22)7-5-16/h4-7,15,19H,2-3,8-14H2,1H3,(H,23,27)/t19-/m0/s1. The van der Waals surface area contributed by atoms with E-state index in [-0.39, 0.29) is 30.2 Å². The maximum Gasteiger partial charge on any atom is 0.251 e. The number of halogens is 1. The summed E-state index contributed by atoms with van der Waals surface area (Å²) in [6.07, 6.45) is 3.19. The van der Waals surface area contributed by atoms with Gasteiger partial charge in [0.15, 0.2) is 0 Å². The van der Waals surface area contributed by atoms with Crippen molar-refractivity contribution >= 4 is 17.7 Å². The number of likely N-dealkylation sites (tertiary alicyclic amines) is 2. The van der Waals surface area contributed by atoms with Gasteiger partial charge in [-0.15, -0.1) is 0 Å². The predicted octanol–water partition coefficient (Wildman–Crippen LogP) is 1.43. The Labute approximate surface area is 170 Å². The molecule has 2 aliphatic heterocycles. The second-order valence-corrected chi connectivity index (χ2v) is 7.64. The summed E-state index contributed by atoms with van der Waals surface area (Å²) in [7, 11) is 1.49. The van der Waals surface area contributed by atoms with Crippen LogP contribution in [0.4, 0.5) is 4.39 Å². The lowest BCUT2D eigenvalue weighted by Gasteiger charge is -2.37. The third-order valence-corrected chi connectivity index (χ3v) is 5.71. The van der Waals surface area contributed by atoms with E-state index in [4.69, 9.17) is 4.74 Å². The number of hydrogen-bond acceptors (Lipinski definition) is 4. The van der Waals surface area contributed by atoms with E-state index in [1.54, 1.807) is 9.80 Å². The van der Waals surface area contributed by atoms with Crippen LogP contribution in [0.1, 0.15) is 36.0 Å². The molecule has 0 aliphatic carbocycles. The van der Waals surface area contributed by atoms with Crippen LogP contribution in [0.15, 0.2) is 24.3 Å². The van der Waals surface area contributed by atoms with Crippen molar-refractivity contribution in [3.05, 3.63) is 35.6 Å². The molecule has 3 amide bonds. The van der Waals surface area contributed by atoms with Crippen molar-refractivity contribution in [3.63, 3.8) is 0 Å². The quantitative estimate of drug-likeness (QED) is 0.777. The topological polar surface area (TPSA) is 79.0 Å². The lowest BCUT2D eigenvalue weighted by Crippen LogP contribution is -2.54. The first-order valence-corrected chi connectivity index (χ1v) is 10.1. The zero-order valence-corrected chi connectivity index (χ0v) is 16.7. The van der Waals surface area contributed by atoms with Crippen molar-refractivity contribution in [2.75, 3.05) is 39.9 Å². The smallest absolute Gasteiger partial charge is 0.251 e. The van der Waals surface area contributed by atoms with E-state index in [0.717, 1.165) is 12.8 Å². The maximum atomic E-state index is 13.2. The Hall–Kier alpha value is -2.48. The largest absolute Gasteiger partial charge is 0.375 e. The minimum atomic E-state index is -0.648. The number of amides is 3. The molecule has 158 valence electrons. The number of rotatable bonds is 6. The molecule has 0 aromatic heterocycles. The summed E-state index contributed by atoms with van der Waals surface area (Å²) in [4.78, 5) is 41.4. The Morgan fingerprint density at radius 1 is 1.07 bits per heavy atom. The molecule has 2 heterocycles. The van der Waals surface area contributed by atoms with Crippen molar-refractivity contribution < 1.29 is 23.5 Å². The molecule has 1 aromatic carbocycles. The van der Waals surface area contributed by atoms with Crippen molar-refractivity contribution in [1.29, 1.82) is 0 Å². The van der Waals surface area contributed by atoms with Gasteiger partial charge in [-0.25, -0.2) is 4.39 Å². The molecule has 7 nitrogen and oxygen atoms in total. The molecule has 0 spiro atoms. The van der Waals surface area contributed by atoms with E-state index in [1.807, 2.05) is 0 Å². The molecule has 0 unspecified atom stereocenters. The molecular weight excluding hydrogens is 377 g/mol. The van der Waals surface area contributed by atoms with E-state index in [0.29, 0.717) is 44.6 Å². The number of benzene rings is 1. The lowest BCUT2D eigenvalue weighted by atomic mass is 9.88. The third-order valence-electron chi connectivity index (χ3n) is 5.71. The van der Waals surface area contributed by atoms with Gasteiger partial charge in [-0.2, -0.15) is 0 Å². The Morgan fingerprint density at radius 2 is 1.69 bits per heavy atom. The minimum absolute atomic E-state index is 0.0438. The van der Waals surface area contributed by atoms with Crippen LogP contribution in [0.2, 0.25) is 0 Å². The van der Waals surface area contributed by atoms with Gasteiger partial charge in [-0.05, 0) is 55.9 Å². The van der Waals surface area contributed by atoms with Crippen LogP contribution in [0.3, 0.4) is 0 Å². The Balaban J connectivity index is 1.70. The van der Waals surface area contributed by atoms with Crippen LogP contribution in [-0.4, -0.2) is 73.5 Å². The average Bonchev–Trinajstić information content (AvgIpc) is 3.27. The van der Waals surface area contributed by atoms with Gasteiger partial charge in [-0.3, -0.25) is 14.4 Å². The molecule has 3 rings (SSSR count). The van der Waals surface area contributed by atoms with Gasteiger partial charge in [0.05, 0.1) is 0 Å². The minimum Gasteiger partial charge on any atom is -0.375 e. The number of nitrogens with one attached hydrogen (secondary N) is 1. The molecule has 8 heteroatoms. The number of methoxy groups -OCH3 is 1. The van der Waals surface area contributed by atoms with Crippen molar-refractivity contribution in [2.45, 2.75) is 31.7 Å². The normalized spacial score (nSPS) is 18.6. The molecular formula is C21H28FN3O4. The molecule has 2 fully saturated rings. The summed E-state index contributed by atoms with van der Waals surface area (Å²) in [5.41, 5.74) is 0.318. The van der Waals surface area contributed by atoms with Gasteiger partial charge in [0.2, 0.25) is 11.8 Å². The van der Waals surface area contributed by atoms with Crippen LogP contribution in [0.25, 0.3) is 0 Å². The second-order valence-electron chi connectivity index (χ2n) is 7.64. The SMILES string of the molecule is COCC(=O)N1CCC([C@H](NC(=O)c2ccc(F)cc2)C(=O)N2CCCC2)CC1. The second kappa shape index (κ2) is 9.82. The number of carbonyl (C=O) groups is 3. The molecule has 1 aromatic rings. The number of hydrogen-bond donors (Lipinski definition) is 1. The first-order chi connectivity index (χ1) is 14.0. The molecule has 2 saturated heterocycles. The summed E-state index contributed by atoms with van der Waals surface area (Å²) >= 11 is 0. The zero-order chi connectivity index (χ0) is 20.8. The van der Waals surface area contributed by atoms with Crippen molar-refractivity contribution in [3.8, 4) is 0 Å². The van der Waals surface area contributed by atoms with Gasteiger partial charge in [-0.1, -0.05) is 0 Å². The summed E-state index contributed by atoms with van der Waals surface area (Å²) in [6, 6.07) is 4.63. The van der Waals surface area contributed by atoms with Gasteiger partial charge in [0.25, 0.3) is 5.91 Å². The van der Waals surface area contributed by atoms with Gasteiger partial charge in [0, 0.05) is 38.9 Å². The highest BCUT2D eigenvalue weighted by Crippen LogP contribution is 2.24. The van der Waals surface area contributed by atoms with Gasteiger partial charge < -0.3 is 19.9 Å². The fourth-order valence-electron chi connectivity index (χ4n) is 4.04. The molecule has 0 bridgehead atoms. The Morgan fingerprint density at radius 3 is 2.28 bits per heavy atom. The summed E-state index contributed by atoms with van der Waals surface area (Å²) in [5, 5.41) is 2.89. The summed E-state index contributed by atoms with van der Waals surface area (Å²) in [5.74, 6) is -0.998. The van der Waals surface area contributed by atoms with E-state index in [9.17, 15) is 18.8 Å². The van der Waals surface area contributed by atoms with E-state index in [1.165, 1.54) is 31.4 Å². The molecule has 29 heavy (non-hydrogen) atoms. The van der Waals surface area contributed by atoms with Gasteiger partial charge >= 0.3 is 0 Å². The van der Waals surface area contributed by atoms with Crippen LogP contribution >= 0.6 is 0 Å². The number of nitrogens with zero attached hydrogens (tertiary/aromatic N) is 2. The van der Waals surface area contributed by atoms with Crippen LogP contribution in [0, 0.1) is 11.7 Å². The van der Waals surface area contributed by atoms with Crippen LogP contribution < -0.4 is 5.32 Å². The molecule has 0 saturated carbocycles. The fourth-order valence-corrected chi connectivity index (χ4v) is 4.04. The highest BCUT2D eigenvalue weighted by molar-refractivity contribution is 5.97. The van der Waals surface area contributed by atoms with Gasteiger partial charge in [0.1, 0.15) is 18.5 Å². The first-order valence-electron chi connectivity index (χ1n) is 10.1. The van der Waals surface area contributed by atoms with Crippen LogP contribution in [0.5, 0.6) is 0 Å². The van der Waals surface area contributed by atoms with Crippen LogP contribution in [-0.2, 0) is 14.3 Å². The summed E-state index contributed by atoms with van der Waals surface area (Å²) in [6.45, 7) is 2.51. The van der Waals surface area contributed by atoms with E-state index in [2.05, 4.69) is 5.32 Å². The number of ether oxygens (including phenoxy) is 1. The monoisotopic (exact) mass is 405 g/mol. The lowest BCUT2D eigenvalue weighted by molar-refractivity contribution is -0.137. The zero-order valence-electron chi connectivity index (χ0n) is 16.7. The molecule has 1 N–H and O–H groups in total. The fraction of sp³-hybridized carbons (Fsp3) is 0.571. The molecule has 1 atom stereocenters. The van der Waals surface area contributed by atoms with Crippen molar-refractivity contribution in [1.82, 2.24) is 15.1 Å². The average molecular weight is 405 g/mol. The van der Waals surface area contributed by atoms with E-state index < -0.39 is 11.9 Å². The first kappa shape index (κ1) is 21.2. The maximum absolute atomic E-state index is 13.2. The molecule has 2 aliphatic rings. The third kappa shape index (κ3) is 5.32. The molecule has 0 radical (unpaired) electrons. The highest BCUT2D eigenvalue weighted by Gasteiger charge is 2.36. The number of piperidine rings is 1. The predicted molar refractivity (Wildman–Crippen MR) is 105 cm³/mol. The van der Waals surface area contributed by atoms with Crippen molar-refractivity contribution in [2.24, 2.45) is 5.92 Å². The Bertz CT molecular complexity index is 726. The summed E-state index contributed by atoms with van der Waals surface area (Å²) < 4.78 is 18.1. The van der Waals surface area contributed by atoms with E-state index >= 15 is 0 Å². The highest BCUT2D eigenvalue weighted by atomic mass is 19.1. The Kier molecular flexibility index (Phi) is 7.19.